The maximum Gasteiger partial charge on any atom is 0.280 e. The lowest BCUT2D eigenvalue weighted by molar-refractivity contribution is 0.0981. The number of anilines is 1. The monoisotopic (exact) mass is 412 g/mol. The first-order valence-electron chi connectivity index (χ1n) is 8.93. The molecule has 3 heterocycles. The number of rotatable bonds is 2. The van der Waals surface area contributed by atoms with Gasteiger partial charge in [0.1, 0.15) is 0 Å². The summed E-state index contributed by atoms with van der Waals surface area (Å²) in [7, 11) is 2.08. The molecule has 9 heteroatoms. The number of benzene rings is 1. The summed E-state index contributed by atoms with van der Waals surface area (Å²) < 4.78 is 1.87. The van der Waals surface area contributed by atoms with Gasteiger partial charge in [0.25, 0.3) is 5.91 Å². The molecular formula is C18H26Cl2N6O. The highest BCUT2D eigenvalue weighted by Crippen LogP contribution is 2.26. The van der Waals surface area contributed by atoms with E-state index < -0.39 is 0 Å². The van der Waals surface area contributed by atoms with Gasteiger partial charge in [0.15, 0.2) is 5.69 Å². The summed E-state index contributed by atoms with van der Waals surface area (Å²) in [4.78, 5) is 17.2. The van der Waals surface area contributed by atoms with E-state index in [1.807, 2.05) is 34.0 Å². The Balaban J connectivity index is 0.00000131. The maximum absolute atomic E-state index is 13.1. The van der Waals surface area contributed by atoms with Crippen molar-refractivity contribution in [1.82, 2.24) is 25.2 Å². The van der Waals surface area contributed by atoms with Gasteiger partial charge in [-0.15, -0.1) is 29.9 Å². The summed E-state index contributed by atoms with van der Waals surface area (Å²) in [5, 5.41) is 11.8. The summed E-state index contributed by atoms with van der Waals surface area (Å²) in [5.74, 6) is -0.0667. The number of piperidine rings is 1. The molecule has 0 unspecified atom stereocenters. The number of fused-ring (bicyclic) bond motifs is 1. The Kier molecular flexibility index (Phi) is 7.61. The second-order valence-electron chi connectivity index (χ2n) is 6.89. The van der Waals surface area contributed by atoms with E-state index in [4.69, 9.17) is 0 Å². The third kappa shape index (κ3) is 4.60. The molecular weight excluding hydrogens is 387 g/mol. The molecule has 0 spiro atoms. The molecule has 0 aliphatic carbocycles. The SMILES string of the molecule is CN1CCN(C(=O)c2cn(C3CCNCC3)nn2)c2ccccc2C1.Cl.Cl. The lowest BCUT2D eigenvalue weighted by Crippen LogP contribution is -2.35. The van der Waals surface area contributed by atoms with Crippen molar-refractivity contribution in [2.45, 2.75) is 25.4 Å². The molecule has 2 aliphatic heterocycles. The standard InChI is InChI=1S/C18H24N6O.2ClH/c1-22-10-11-23(17-5-3-2-4-14(17)12-22)18(25)16-13-24(21-20-16)15-6-8-19-9-7-15;;/h2-5,13,15,19H,6-12H2,1H3;2*1H. The lowest BCUT2D eigenvalue weighted by Gasteiger charge is -2.22. The van der Waals surface area contributed by atoms with Crippen LogP contribution in [0.25, 0.3) is 0 Å². The Morgan fingerprint density at radius 2 is 1.89 bits per heavy atom. The molecule has 1 amide bonds. The minimum atomic E-state index is -0.0667. The van der Waals surface area contributed by atoms with Crippen LogP contribution in [0.4, 0.5) is 5.69 Å². The quantitative estimate of drug-likeness (QED) is 0.818. The highest BCUT2D eigenvalue weighted by atomic mass is 35.5. The zero-order valence-electron chi connectivity index (χ0n) is 15.4. The number of amides is 1. The molecule has 4 rings (SSSR count). The summed E-state index contributed by atoms with van der Waals surface area (Å²) in [5.41, 5.74) is 2.58. The van der Waals surface area contributed by atoms with Crippen LogP contribution in [0.1, 0.15) is 34.9 Å². The third-order valence-electron chi connectivity index (χ3n) is 5.09. The van der Waals surface area contributed by atoms with Crippen molar-refractivity contribution in [2.75, 3.05) is 38.1 Å². The molecule has 2 aliphatic rings. The normalized spacial score (nSPS) is 18.0. The van der Waals surface area contributed by atoms with Crippen LogP contribution in [0.3, 0.4) is 0 Å². The number of hydrogen-bond acceptors (Lipinski definition) is 5. The van der Waals surface area contributed by atoms with Crippen LogP contribution in [0.2, 0.25) is 0 Å². The number of aromatic nitrogens is 3. The van der Waals surface area contributed by atoms with Crippen LogP contribution >= 0.6 is 24.8 Å². The Labute approximate surface area is 171 Å². The van der Waals surface area contributed by atoms with Gasteiger partial charge in [-0.05, 0) is 44.6 Å². The van der Waals surface area contributed by atoms with Crippen LogP contribution in [-0.2, 0) is 6.54 Å². The average molecular weight is 413 g/mol. The van der Waals surface area contributed by atoms with E-state index in [-0.39, 0.29) is 30.7 Å². The van der Waals surface area contributed by atoms with Crippen LogP contribution in [0.15, 0.2) is 30.5 Å². The van der Waals surface area contributed by atoms with E-state index in [0.29, 0.717) is 18.3 Å². The van der Waals surface area contributed by atoms with E-state index in [9.17, 15) is 4.79 Å². The fraction of sp³-hybridized carbons (Fsp3) is 0.500. The second kappa shape index (κ2) is 9.50. The third-order valence-corrected chi connectivity index (χ3v) is 5.09. The number of para-hydroxylation sites is 1. The summed E-state index contributed by atoms with van der Waals surface area (Å²) in [6.45, 7) is 4.32. The van der Waals surface area contributed by atoms with E-state index in [1.54, 1.807) is 0 Å². The lowest BCUT2D eigenvalue weighted by atomic mass is 10.1. The van der Waals surface area contributed by atoms with Crippen LogP contribution in [0.5, 0.6) is 0 Å². The van der Waals surface area contributed by atoms with Crippen LogP contribution in [0, 0.1) is 0 Å². The zero-order valence-corrected chi connectivity index (χ0v) is 17.0. The van der Waals surface area contributed by atoms with Crippen molar-refractivity contribution in [3.8, 4) is 0 Å². The fourth-order valence-corrected chi connectivity index (χ4v) is 3.64. The largest absolute Gasteiger partial charge is 0.317 e. The Bertz CT molecular complexity index is 762. The Morgan fingerprint density at radius 1 is 1.15 bits per heavy atom. The maximum atomic E-state index is 13.1. The van der Waals surface area contributed by atoms with Crippen LogP contribution in [-0.4, -0.2) is 59.0 Å². The molecule has 7 nitrogen and oxygen atoms in total. The van der Waals surface area contributed by atoms with Gasteiger partial charge in [-0.25, -0.2) is 4.68 Å². The molecule has 1 saturated heterocycles. The molecule has 0 radical (unpaired) electrons. The number of carbonyl (C=O) groups excluding carboxylic acids is 1. The van der Waals surface area contributed by atoms with Gasteiger partial charge < -0.3 is 15.1 Å². The fourth-order valence-electron chi connectivity index (χ4n) is 3.64. The topological polar surface area (TPSA) is 66.3 Å². The molecule has 1 N–H and O–H groups in total. The van der Waals surface area contributed by atoms with Crippen molar-refractivity contribution in [3.05, 3.63) is 41.7 Å². The number of carbonyl (C=O) groups is 1. The first-order valence-corrected chi connectivity index (χ1v) is 8.93. The number of hydrogen-bond donors (Lipinski definition) is 1. The zero-order chi connectivity index (χ0) is 17.2. The summed E-state index contributed by atoms with van der Waals surface area (Å²) in [6.07, 6.45) is 3.86. The molecule has 1 aromatic heterocycles. The number of nitrogens with zero attached hydrogens (tertiary/aromatic N) is 5. The van der Waals surface area contributed by atoms with Gasteiger partial charge in [0.05, 0.1) is 12.2 Å². The van der Waals surface area contributed by atoms with Crippen molar-refractivity contribution in [2.24, 2.45) is 0 Å². The van der Waals surface area contributed by atoms with Gasteiger partial charge in [0, 0.05) is 25.3 Å². The van der Waals surface area contributed by atoms with E-state index in [1.165, 1.54) is 5.56 Å². The Morgan fingerprint density at radius 3 is 2.67 bits per heavy atom. The summed E-state index contributed by atoms with van der Waals surface area (Å²) >= 11 is 0. The second-order valence-corrected chi connectivity index (χ2v) is 6.89. The molecule has 1 aromatic carbocycles. The molecule has 2 aromatic rings. The van der Waals surface area contributed by atoms with Crippen molar-refractivity contribution in [1.29, 1.82) is 0 Å². The first-order chi connectivity index (χ1) is 12.2. The molecule has 0 atom stereocenters. The predicted molar refractivity (Wildman–Crippen MR) is 110 cm³/mol. The molecule has 148 valence electrons. The average Bonchev–Trinajstić information content (AvgIpc) is 3.07. The predicted octanol–water partition coefficient (Wildman–Crippen LogP) is 2.14. The van der Waals surface area contributed by atoms with Gasteiger partial charge in [-0.2, -0.15) is 0 Å². The highest BCUT2D eigenvalue weighted by molar-refractivity contribution is 6.05. The first kappa shape index (κ1) is 21.6. The minimum absolute atomic E-state index is 0. The van der Waals surface area contributed by atoms with Gasteiger partial charge in [-0.3, -0.25) is 4.79 Å². The van der Waals surface area contributed by atoms with Crippen molar-refractivity contribution in [3.63, 3.8) is 0 Å². The molecule has 1 fully saturated rings. The number of likely N-dealkylation sites (N-methyl/N-ethyl adjacent to an activating group) is 1. The number of nitrogens with one attached hydrogen (secondary N) is 1. The minimum Gasteiger partial charge on any atom is -0.317 e. The highest BCUT2D eigenvalue weighted by Gasteiger charge is 2.26. The van der Waals surface area contributed by atoms with Gasteiger partial charge in [0.2, 0.25) is 0 Å². The Hall–Kier alpha value is -1.67. The van der Waals surface area contributed by atoms with Gasteiger partial charge in [-0.1, -0.05) is 23.4 Å². The van der Waals surface area contributed by atoms with Gasteiger partial charge >= 0.3 is 0 Å². The van der Waals surface area contributed by atoms with Crippen molar-refractivity contribution < 1.29 is 4.79 Å². The molecule has 27 heavy (non-hydrogen) atoms. The smallest absolute Gasteiger partial charge is 0.280 e. The van der Waals surface area contributed by atoms with E-state index in [0.717, 1.165) is 44.7 Å². The van der Waals surface area contributed by atoms with E-state index >= 15 is 0 Å². The molecule has 0 saturated carbocycles. The van der Waals surface area contributed by atoms with E-state index in [2.05, 4.69) is 33.6 Å². The van der Waals surface area contributed by atoms with Crippen LogP contribution < -0.4 is 10.2 Å². The number of halogens is 2. The summed E-state index contributed by atoms with van der Waals surface area (Å²) in [6, 6.07) is 8.44. The molecule has 0 bridgehead atoms. The van der Waals surface area contributed by atoms with Crippen molar-refractivity contribution >= 4 is 36.4 Å².